The first-order valence-electron chi connectivity index (χ1n) is 15.3. The quantitative estimate of drug-likeness (QED) is 0.146. The molecule has 0 saturated heterocycles. The molecule has 1 aliphatic rings. The van der Waals surface area contributed by atoms with Gasteiger partial charge in [-0.3, -0.25) is 0 Å². The molecule has 0 saturated carbocycles. The number of hydrogen-bond donors (Lipinski definition) is 0. The van der Waals surface area contributed by atoms with Crippen molar-refractivity contribution in [3.63, 3.8) is 0 Å². The number of furan rings is 1. The second-order valence-corrected chi connectivity index (χ2v) is 11.6. The summed E-state index contributed by atoms with van der Waals surface area (Å²) in [6.07, 6.45) is 6.27. The lowest BCUT2D eigenvalue weighted by Crippen LogP contribution is -2.09. The van der Waals surface area contributed by atoms with Crippen LogP contribution >= 0.6 is 0 Å². The zero-order valence-corrected chi connectivity index (χ0v) is 25.0. The molecule has 2 nitrogen and oxygen atoms in total. The summed E-state index contributed by atoms with van der Waals surface area (Å²) >= 11 is 0. The van der Waals surface area contributed by atoms with Crippen LogP contribution in [0.3, 0.4) is 0 Å². The second-order valence-electron chi connectivity index (χ2n) is 11.6. The number of aliphatic imine (C=N–C) groups is 1. The Bertz CT molecular complexity index is 2340. The molecule has 0 radical (unpaired) electrons. The van der Waals surface area contributed by atoms with Crippen LogP contribution in [0.1, 0.15) is 40.0 Å². The number of fused-ring (bicyclic) bond motifs is 7. The van der Waals surface area contributed by atoms with Crippen LogP contribution < -0.4 is 0 Å². The van der Waals surface area contributed by atoms with Gasteiger partial charge in [-0.2, -0.15) is 0 Å². The van der Waals surface area contributed by atoms with Gasteiger partial charge in [0.15, 0.2) is 0 Å². The van der Waals surface area contributed by atoms with Gasteiger partial charge in [-0.05, 0) is 93.4 Å². The fourth-order valence-electron chi connectivity index (χ4n) is 6.78. The molecular weight excluding hydrogens is 553 g/mol. The van der Waals surface area contributed by atoms with Crippen molar-refractivity contribution in [2.75, 3.05) is 0 Å². The number of benzene rings is 6. The Balaban J connectivity index is 1.40. The number of hydrogen-bond acceptors (Lipinski definition) is 2. The van der Waals surface area contributed by atoms with Gasteiger partial charge in [-0.15, -0.1) is 0 Å². The lowest BCUT2D eigenvalue weighted by Gasteiger charge is -2.19. The first-order chi connectivity index (χ1) is 22.1. The predicted octanol–water partition coefficient (Wildman–Crippen LogP) is 11.3. The number of aryl methyl sites for hydroxylation is 2. The van der Waals surface area contributed by atoms with E-state index in [0.29, 0.717) is 22.7 Å². The van der Waals surface area contributed by atoms with Crippen LogP contribution in [-0.2, 0) is 6.42 Å². The third-order valence-electron chi connectivity index (χ3n) is 8.93. The lowest BCUT2D eigenvalue weighted by molar-refractivity contribution is 0.577. The van der Waals surface area contributed by atoms with Crippen LogP contribution in [0.25, 0.3) is 55.4 Å². The van der Waals surface area contributed by atoms with Crippen molar-refractivity contribution >= 4 is 50.0 Å². The van der Waals surface area contributed by atoms with E-state index < -0.39 is 0 Å². The Kier molecular flexibility index (Phi) is 6.53. The van der Waals surface area contributed by atoms with Crippen LogP contribution in [0.4, 0.5) is 4.39 Å². The van der Waals surface area contributed by atoms with Crippen molar-refractivity contribution in [3.8, 4) is 11.1 Å². The third-order valence-corrected chi connectivity index (χ3v) is 8.93. The van der Waals surface area contributed by atoms with Crippen LogP contribution in [0.5, 0.6) is 0 Å². The summed E-state index contributed by atoms with van der Waals surface area (Å²) in [5, 5.41) is 5.13. The third kappa shape index (κ3) is 4.60. The van der Waals surface area contributed by atoms with Gasteiger partial charge in [0.05, 0.1) is 11.4 Å². The van der Waals surface area contributed by atoms with Crippen molar-refractivity contribution in [3.05, 3.63) is 167 Å². The summed E-state index contributed by atoms with van der Waals surface area (Å²) in [6, 6.07) is 38.4. The Morgan fingerprint density at radius 3 is 2.27 bits per heavy atom. The largest absolute Gasteiger partial charge is 0.461 e. The van der Waals surface area contributed by atoms with E-state index in [4.69, 9.17) is 9.41 Å². The van der Waals surface area contributed by atoms with Crippen LogP contribution in [0.15, 0.2) is 137 Å². The van der Waals surface area contributed by atoms with E-state index in [1.807, 2.05) is 67.6 Å². The SMILES string of the molecule is C=C(N=C(c1cc2c(cc1F)c1c(c3ccccc32)CCC=C1)c1c(C)oc2cc(-c3ccccc3)ccc12)c1ccccc1. The smallest absolute Gasteiger partial charge is 0.135 e. The minimum Gasteiger partial charge on any atom is -0.461 e. The van der Waals surface area contributed by atoms with Crippen LogP contribution in [-0.4, -0.2) is 5.71 Å². The maximum Gasteiger partial charge on any atom is 0.135 e. The van der Waals surface area contributed by atoms with Gasteiger partial charge in [0.25, 0.3) is 0 Å². The number of allylic oxidation sites excluding steroid dienone is 1. The molecule has 0 N–H and O–H groups in total. The highest BCUT2D eigenvalue weighted by molar-refractivity contribution is 6.24. The van der Waals surface area contributed by atoms with Crippen LogP contribution in [0, 0.1) is 12.7 Å². The molecule has 3 heteroatoms. The van der Waals surface area contributed by atoms with Crippen LogP contribution in [0.2, 0.25) is 0 Å². The minimum absolute atomic E-state index is 0.326. The topological polar surface area (TPSA) is 25.5 Å². The Morgan fingerprint density at radius 2 is 1.47 bits per heavy atom. The van der Waals surface area contributed by atoms with E-state index >= 15 is 4.39 Å². The predicted molar refractivity (Wildman–Crippen MR) is 186 cm³/mol. The maximum absolute atomic E-state index is 16.6. The molecule has 1 aromatic heterocycles. The zero-order valence-electron chi connectivity index (χ0n) is 25.0. The fraction of sp³-hybridized carbons (Fsp3) is 0.0714. The number of nitrogens with zero attached hydrogens (tertiary/aromatic N) is 1. The van der Waals surface area contributed by atoms with Crippen molar-refractivity contribution in [2.24, 2.45) is 4.99 Å². The van der Waals surface area contributed by atoms with Gasteiger partial charge in [0, 0.05) is 16.5 Å². The molecule has 216 valence electrons. The molecular formula is C42H30FNO. The van der Waals surface area contributed by atoms with Crippen molar-refractivity contribution in [2.45, 2.75) is 19.8 Å². The van der Waals surface area contributed by atoms with E-state index in [2.05, 4.69) is 67.3 Å². The van der Waals surface area contributed by atoms with Gasteiger partial charge >= 0.3 is 0 Å². The van der Waals surface area contributed by atoms with E-state index in [1.165, 1.54) is 10.9 Å². The Morgan fingerprint density at radius 1 is 0.733 bits per heavy atom. The summed E-state index contributed by atoms with van der Waals surface area (Å²) in [6.45, 7) is 6.24. The molecule has 0 aliphatic heterocycles. The monoisotopic (exact) mass is 583 g/mol. The van der Waals surface area contributed by atoms with Crippen molar-refractivity contribution in [1.82, 2.24) is 0 Å². The molecule has 0 fully saturated rings. The average molecular weight is 584 g/mol. The molecule has 0 spiro atoms. The first-order valence-corrected chi connectivity index (χ1v) is 15.3. The van der Waals surface area contributed by atoms with Gasteiger partial charge < -0.3 is 4.42 Å². The van der Waals surface area contributed by atoms with Gasteiger partial charge in [0.2, 0.25) is 0 Å². The summed E-state index contributed by atoms with van der Waals surface area (Å²) in [5.41, 5.74) is 8.39. The molecule has 0 atom stereocenters. The summed E-state index contributed by atoms with van der Waals surface area (Å²) in [4.78, 5) is 5.09. The summed E-state index contributed by atoms with van der Waals surface area (Å²) in [5.74, 6) is 0.348. The van der Waals surface area contributed by atoms with Crippen molar-refractivity contribution < 1.29 is 8.81 Å². The van der Waals surface area contributed by atoms with Gasteiger partial charge in [-0.25, -0.2) is 9.38 Å². The summed E-state index contributed by atoms with van der Waals surface area (Å²) < 4.78 is 23.0. The molecule has 7 aromatic rings. The highest BCUT2D eigenvalue weighted by Gasteiger charge is 2.24. The molecule has 1 heterocycles. The molecule has 45 heavy (non-hydrogen) atoms. The number of halogens is 1. The molecule has 8 rings (SSSR count). The van der Waals surface area contributed by atoms with Gasteiger partial charge in [0.1, 0.15) is 17.2 Å². The fourth-order valence-corrected chi connectivity index (χ4v) is 6.78. The summed E-state index contributed by atoms with van der Waals surface area (Å²) in [7, 11) is 0. The maximum atomic E-state index is 16.6. The normalized spacial score (nSPS) is 13.1. The average Bonchev–Trinajstić information content (AvgIpc) is 3.42. The van der Waals surface area contributed by atoms with E-state index in [0.717, 1.165) is 67.8 Å². The molecule has 1 aliphatic carbocycles. The van der Waals surface area contributed by atoms with E-state index in [9.17, 15) is 0 Å². The van der Waals surface area contributed by atoms with E-state index in [1.54, 1.807) is 6.07 Å². The first kappa shape index (κ1) is 27.0. The highest BCUT2D eigenvalue weighted by atomic mass is 19.1. The Labute approximate surface area is 261 Å². The van der Waals surface area contributed by atoms with Gasteiger partial charge in [-0.1, -0.05) is 110 Å². The Hall–Kier alpha value is -5.54. The lowest BCUT2D eigenvalue weighted by atomic mass is 9.85. The second kappa shape index (κ2) is 10.9. The number of rotatable bonds is 5. The molecule has 0 bridgehead atoms. The van der Waals surface area contributed by atoms with Crippen molar-refractivity contribution in [1.29, 1.82) is 0 Å². The highest BCUT2D eigenvalue weighted by Crippen LogP contribution is 2.39. The molecule has 0 unspecified atom stereocenters. The molecule has 0 amide bonds. The zero-order chi connectivity index (χ0) is 30.5. The molecule has 6 aromatic carbocycles. The van der Waals surface area contributed by atoms with E-state index in [-0.39, 0.29) is 5.82 Å². The minimum atomic E-state index is -0.326. The standard InChI is InChI=1S/C42H30FNO/c1-26(28-13-5-3-6-14-28)44-42(41-27(2)45-40-23-30(21-22-35(40)41)29-15-7-4-8-16-29)38-24-36-33-19-11-9-17-31(33)32-18-10-12-20-34(32)37(36)25-39(38)43/h3-9,11-17,19-25H,1,10,18H2,2H3.